The van der Waals surface area contributed by atoms with Gasteiger partial charge in [-0.05, 0) is 49.2 Å². The molecule has 4 nitrogen and oxygen atoms in total. The van der Waals surface area contributed by atoms with Gasteiger partial charge in [-0.1, -0.05) is 6.07 Å². The van der Waals surface area contributed by atoms with Crippen molar-refractivity contribution in [2.75, 3.05) is 5.32 Å². The zero-order chi connectivity index (χ0) is 14.1. The van der Waals surface area contributed by atoms with Crippen molar-refractivity contribution in [1.29, 1.82) is 0 Å². The highest BCUT2D eigenvalue weighted by atomic mass is 35.5. The lowest BCUT2D eigenvalue weighted by Gasteiger charge is -2.05. The van der Waals surface area contributed by atoms with Crippen LogP contribution in [0.1, 0.15) is 19.5 Å². The number of rotatable bonds is 3. The fraction of sp³-hybridized carbons (Fsp3) is 0.267. The highest BCUT2D eigenvalue weighted by Crippen LogP contribution is 2.10. The molecule has 1 aromatic carbocycles. The summed E-state index contributed by atoms with van der Waals surface area (Å²) < 4.78 is 0. The van der Waals surface area contributed by atoms with Gasteiger partial charge >= 0.3 is 0 Å². The zero-order valence-electron chi connectivity index (χ0n) is 11.4. The lowest BCUT2D eigenvalue weighted by molar-refractivity contribution is 0.926. The van der Waals surface area contributed by atoms with Gasteiger partial charge < -0.3 is 5.32 Å². The first-order chi connectivity index (χ1) is 9.63. The maximum Gasteiger partial charge on any atom is 0.222 e. The largest absolute Gasteiger partial charge is 0.379 e. The predicted molar refractivity (Wildman–Crippen MR) is 80.1 cm³/mol. The van der Waals surface area contributed by atoms with Crippen molar-refractivity contribution >= 4 is 22.9 Å². The van der Waals surface area contributed by atoms with Gasteiger partial charge in [0.25, 0.3) is 0 Å². The Morgan fingerprint density at radius 3 is 2.95 bits per heavy atom. The second-order valence-electron chi connectivity index (χ2n) is 4.89. The van der Waals surface area contributed by atoms with Crippen molar-refractivity contribution in [1.82, 2.24) is 9.97 Å². The van der Waals surface area contributed by atoms with Crippen LogP contribution in [0.2, 0.25) is 5.28 Å². The van der Waals surface area contributed by atoms with Gasteiger partial charge in [-0.2, -0.15) is 0 Å². The average molecular weight is 287 g/mol. The van der Waals surface area contributed by atoms with Gasteiger partial charge in [-0.25, -0.2) is 9.97 Å². The summed E-state index contributed by atoms with van der Waals surface area (Å²) >= 11 is 5.77. The Bertz CT molecular complexity index is 770. The highest BCUT2D eigenvalue weighted by Gasteiger charge is 2.10. The van der Waals surface area contributed by atoms with Crippen LogP contribution in [0.3, 0.4) is 0 Å². The second-order valence-corrected chi connectivity index (χ2v) is 5.23. The first kappa shape index (κ1) is 13.1. The molecule has 1 atom stereocenters. The van der Waals surface area contributed by atoms with Crippen molar-refractivity contribution < 1.29 is 0 Å². The smallest absolute Gasteiger partial charge is 0.222 e. The maximum absolute atomic E-state index is 5.77. The van der Waals surface area contributed by atoms with Crippen molar-refractivity contribution in [3.8, 4) is 0 Å². The number of aromatic nitrogens is 2. The van der Waals surface area contributed by atoms with Crippen LogP contribution in [0.15, 0.2) is 35.5 Å². The molecule has 0 spiro atoms. The van der Waals surface area contributed by atoms with E-state index in [4.69, 9.17) is 11.6 Å². The molecular weight excluding hydrogens is 272 g/mol. The summed E-state index contributed by atoms with van der Waals surface area (Å²) in [6.07, 6.45) is 1.66. The van der Waals surface area contributed by atoms with Gasteiger partial charge in [0.05, 0.1) is 23.6 Å². The van der Waals surface area contributed by atoms with Crippen LogP contribution in [-0.2, 0) is 6.54 Å². The Hall–Kier alpha value is -1.94. The first-order valence-electron chi connectivity index (χ1n) is 6.53. The summed E-state index contributed by atoms with van der Waals surface area (Å²) in [5.74, 6) is 0. The molecule has 2 aromatic rings. The van der Waals surface area contributed by atoms with Crippen molar-refractivity contribution in [3.05, 3.63) is 52.0 Å². The molecule has 0 bridgehead atoms. The fourth-order valence-corrected chi connectivity index (χ4v) is 2.44. The zero-order valence-corrected chi connectivity index (χ0v) is 12.1. The number of fused-ring (bicyclic) bond motifs is 1. The van der Waals surface area contributed by atoms with Gasteiger partial charge in [0.15, 0.2) is 0 Å². The monoisotopic (exact) mass is 286 g/mol. The van der Waals surface area contributed by atoms with Gasteiger partial charge in [0.1, 0.15) is 0 Å². The van der Waals surface area contributed by atoms with Crippen LogP contribution in [0.5, 0.6) is 0 Å². The maximum atomic E-state index is 5.77. The van der Waals surface area contributed by atoms with E-state index in [1.807, 2.05) is 6.07 Å². The molecule has 1 N–H and O–H groups in total. The Labute approximate surface area is 122 Å². The summed E-state index contributed by atoms with van der Waals surface area (Å²) in [7, 11) is 0. The Morgan fingerprint density at radius 1 is 1.30 bits per heavy atom. The van der Waals surface area contributed by atoms with Gasteiger partial charge in [-0.3, -0.25) is 4.99 Å². The molecule has 1 aliphatic heterocycles. The fourth-order valence-electron chi connectivity index (χ4n) is 2.27. The molecule has 5 heteroatoms. The minimum atomic E-state index is 0.271. The molecule has 3 rings (SSSR count). The third kappa shape index (κ3) is 2.51. The SMILES string of the molecule is CC1=c2ccc(NCc3ccnc(Cl)n3)cc2=NC1C. The van der Waals surface area contributed by atoms with Gasteiger partial charge in [0, 0.05) is 17.1 Å². The molecule has 0 radical (unpaired) electrons. The van der Waals surface area contributed by atoms with E-state index >= 15 is 0 Å². The summed E-state index contributed by atoms with van der Waals surface area (Å²) in [4.78, 5) is 12.7. The van der Waals surface area contributed by atoms with Crippen LogP contribution >= 0.6 is 11.6 Å². The van der Waals surface area contributed by atoms with E-state index in [1.165, 1.54) is 10.8 Å². The Morgan fingerprint density at radius 2 is 2.15 bits per heavy atom. The Balaban J connectivity index is 1.81. The molecule has 2 heterocycles. The van der Waals surface area contributed by atoms with Crippen LogP contribution in [0.25, 0.3) is 5.57 Å². The van der Waals surface area contributed by atoms with E-state index in [-0.39, 0.29) is 11.3 Å². The molecular formula is C15H15ClN4. The minimum absolute atomic E-state index is 0.271. The number of nitrogens with zero attached hydrogens (tertiary/aromatic N) is 3. The third-order valence-electron chi connectivity index (χ3n) is 3.54. The lowest BCUT2D eigenvalue weighted by atomic mass is 10.1. The molecule has 1 aromatic heterocycles. The van der Waals surface area contributed by atoms with Crippen molar-refractivity contribution in [2.24, 2.45) is 4.99 Å². The quantitative estimate of drug-likeness (QED) is 0.877. The van der Waals surface area contributed by atoms with E-state index in [1.54, 1.807) is 6.20 Å². The van der Waals surface area contributed by atoms with Crippen LogP contribution in [0.4, 0.5) is 5.69 Å². The van der Waals surface area contributed by atoms with Crippen LogP contribution in [-0.4, -0.2) is 16.0 Å². The number of hydrogen-bond acceptors (Lipinski definition) is 4. The number of anilines is 1. The number of halogens is 1. The van der Waals surface area contributed by atoms with E-state index in [2.05, 4.69) is 52.3 Å². The molecule has 102 valence electrons. The molecule has 0 fully saturated rings. The van der Waals surface area contributed by atoms with Crippen molar-refractivity contribution in [3.63, 3.8) is 0 Å². The third-order valence-corrected chi connectivity index (χ3v) is 3.72. The standard InChI is InChI=1S/C15H15ClN4/c1-9-10(2)19-14-7-11(3-4-13(9)14)18-8-12-5-6-17-15(16)20-12/h3-7,10,18H,8H2,1-2H3. The summed E-state index contributed by atoms with van der Waals surface area (Å²) in [6, 6.07) is 8.38. The van der Waals surface area contributed by atoms with Crippen molar-refractivity contribution in [2.45, 2.75) is 26.4 Å². The van der Waals surface area contributed by atoms with E-state index in [9.17, 15) is 0 Å². The minimum Gasteiger partial charge on any atom is -0.379 e. The van der Waals surface area contributed by atoms with Crippen LogP contribution in [0, 0.1) is 0 Å². The molecule has 1 unspecified atom stereocenters. The van der Waals surface area contributed by atoms with E-state index in [0.717, 1.165) is 16.7 Å². The topological polar surface area (TPSA) is 50.2 Å². The van der Waals surface area contributed by atoms with E-state index < -0.39 is 0 Å². The molecule has 0 saturated carbocycles. The summed E-state index contributed by atoms with van der Waals surface area (Å²) in [6.45, 7) is 4.86. The molecule has 1 aliphatic rings. The Kier molecular flexibility index (Phi) is 3.40. The number of benzene rings is 1. The second kappa shape index (κ2) is 5.21. The lowest BCUT2D eigenvalue weighted by Crippen LogP contribution is -2.22. The van der Waals surface area contributed by atoms with Crippen LogP contribution < -0.4 is 15.9 Å². The normalized spacial score (nSPS) is 16.8. The first-order valence-corrected chi connectivity index (χ1v) is 6.91. The number of hydrogen-bond donors (Lipinski definition) is 1. The molecule has 0 aliphatic carbocycles. The predicted octanol–water partition coefficient (Wildman–Crippen LogP) is 1.93. The molecule has 20 heavy (non-hydrogen) atoms. The van der Waals surface area contributed by atoms with Gasteiger partial charge in [-0.15, -0.1) is 0 Å². The van der Waals surface area contributed by atoms with E-state index in [0.29, 0.717) is 6.54 Å². The number of nitrogens with one attached hydrogen (secondary N) is 1. The molecule has 0 saturated heterocycles. The molecule has 0 amide bonds. The summed E-state index contributed by atoms with van der Waals surface area (Å²) in [5.41, 5.74) is 3.22. The summed E-state index contributed by atoms with van der Waals surface area (Å²) in [5, 5.41) is 5.90. The highest BCUT2D eigenvalue weighted by molar-refractivity contribution is 6.28. The van der Waals surface area contributed by atoms with Gasteiger partial charge in [0.2, 0.25) is 5.28 Å². The average Bonchev–Trinajstić information content (AvgIpc) is 2.72.